The van der Waals surface area contributed by atoms with Gasteiger partial charge in [0.05, 0.1) is 12.6 Å². The molecule has 1 saturated heterocycles. The van der Waals surface area contributed by atoms with Crippen molar-refractivity contribution in [3.63, 3.8) is 0 Å². The molecule has 11 N–H and O–H groups in total. The number of amides is 7. The monoisotopic (exact) mass is 883 g/mol. The van der Waals surface area contributed by atoms with Gasteiger partial charge in [0.1, 0.15) is 48.4 Å². The number of cyclic esters (lactones) is 1. The Kier molecular flexibility index (Phi) is 23.7. The second-order valence-corrected chi connectivity index (χ2v) is 18.0. The number of carboxylic acid groups (broad SMARTS) is 1. The Bertz CT molecular complexity index is 1560. The van der Waals surface area contributed by atoms with Crippen LogP contribution in [0.2, 0.25) is 0 Å². The van der Waals surface area contributed by atoms with Crippen LogP contribution in [0, 0.1) is 29.6 Å². The molecule has 1 fully saturated rings. The van der Waals surface area contributed by atoms with Gasteiger partial charge >= 0.3 is 11.9 Å². The van der Waals surface area contributed by atoms with Gasteiger partial charge in [0.2, 0.25) is 41.4 Å². The smallest absolute Gasteiger partial charge is 0.329 e. The first kappa shape index (κ1) is 55.2. The van der Waals surface area contributed by atoms with Gasteiger partial charge in [-0.2, -0.15) is 0 Å². The molecule has 354 valence electrons. The van der Waals surface area contributed by atoms with Crippen molar-refractivity contribution >= 4 is 53.3 Å². The number of carboxylic acids is 1. The number of carbonyl (C=O) groups is 9. The van der Waals surface area contributed by atoms with Gasteiger partial charge in [0.15, 0.2) is 0 Å². The number of aliphatic hydroxyl groups excluding tert-OH is 1. The van der Waals surface area contributed by atoms with E-state index >= 15 is 0 Å². The molecular formula is C42H74N8O12. The SMILES string of the molecule is CC[C@H](C)[C@@H]1NC(=O)[C@H](CC(C)C)NC(=O)[C@@H](CO)NC(=O)[C@@H](CC(C)C)NC(=O)[C@H](CC(C)C)NC(=O)[C@H](NC(=O)[C@@H](CCC(=O)O)NC(=O)[C@H](N)CC(C)C)[C@@H](C)OC1=O. The van der Waals surface area contributed by atoms with E-state index in [1.165, 1.54) is 6.92 Å². The van der Waals surface area contributed by atoms with Crippen LogP contribution in [0.25, 0.3) is 0 Å². The highest BCUT2D eigenvalue weighted by Crippen LogP contribution is 2.16. The molecule has 62 heavy (non-hydrogen) atoms. The number of rotatable bonds is 18. The molecule has 1 heterocycles. The Morgan fingerprint density at radius 1 is 0.677 bits per heavy atom. The van der Waals surface area contributed by atoms with Gasteiger partial charge in [-0.1, -0.05) is 75.7 Å². The van der Waals surface area contributed by atoms with Crippen LogP contribution in [-0.4, -0.2) is 125 Å². The minimum Gasteiger partial charge on any atom is -0.481 e. The molecule has 0 bridgehead atoms. The predicted molar refractivity (Wildman–Crippen MR) is 228 cm³/mol. The molecule has 0 aliphatic carbocycles. The fourth-order valence-corrected chi connectivity index (χ4v) is 6.71. The molecule has 1 rings (SSSR count). The standard InChI is InChI=1S/C42H74N8O12/c1-12-24(10)33-42(61)62-25(11)34(50-36(55)27(13-14-32(52)53)44-35(54)26(43)15-20(2)3)41(60)47-29(17-22(6)7)37(56)45-28(16-21(4)5)38(57)48-31(19-51)40(59)46-30(18-23(8)9)39(58)49-33/h20-31,33-34,51H,12-19,43H2,1-11H3,(H,44,54)(H,45,56)(H,46,59)(H,47,60)(H,48,57)(H,49,58)(H,50,55)(H,52,53)/t24-,25+,26+,27+,28+,29-,30-,31+,33-,34+/m0/s1. The van der Waals surface area contributed by atoms with Crippen molar-refractivity contribution < 1.29 is 58.1 Å². The average Bonchev–Trinajstić information content (AvgIpc) is 3.16. The van der Waals surface area contributed by atoms with E-state index < -0.39 is 133 Å². The number of aliphatic hydroxyl groups is 1. The topological polar surface area (TPSA) is 314 Å². The van der Waals surface area contributed by atoms with Crippen molar-refractivity contribution in [1.29, 1.82) is 0 Å². The highest BCUT2D eigenvalue weighted by molar-refractivity contribution is 5.98. The van der Waals surface area contributed by atoms with Gasteiger partial charge in [0.25, 0.3) is 0 Å². The molecule has 0 saturated carbocycles. The Morgan fingerprint density at radius 2 is 1.11 bits per heavy atom. The normalized spacial score (nSPS) is 25.2. The van der Waals surface area contributed by atoms with Crippen molar-refractivity contribution in [2.45, 2.75) is 176 Å². The zero-order valence-electron chi connectivity index (χ0n) is 38.3. The van der Waals surface area contributed by atoms with Gasteiger partial charge in [-0.3, -0.25) is 38.4 Å². The van der Waals surface area contributed by atoms with Gasteiger partial charge in [0, 0.05) is 6.42 Å². The second-order valence-electron chi connectivity index (χ2n) is 18.0. The van der Waals surface area contributed by atoms with E-state index in [9.17, 15) is 53.4 Å². The highest BCUT2D eigenvalue weighted by atomic mass is 16.5. The Balaban J connectivity index is 3.98. The Labute approximate surface area is 365 Å². The summed E-state index contributed by atoms with van der Waals surface area (Å²) < 4.78 is 5.81. The highest BCUT2D eigenvalue weighted by Gasteiger charge is 2.39. The van der Waals surface area contributed by atoms with Crippen molar-refractivity contribution in [2.24, 2.45) is 35.3 Å². The van der Waals surface area contributed by atoms with Gasteiger partial charge < -0.3 is 57.9 Å². The summed E-state index contributed by atoms with van der Waals surface area (Å²) >= 11 is 0. The molecule has 10 atom stereocenters. The molecule has 7 amide bonds. The fraction of sp³-hybridized carbons (Fsp3) is 0.786. The third-order valence-electron chi connectivity index (χ3n) is 10.3. The first-order chi connectivity index (χ1) is 28.8. The Morgan fingerprint density at radius 3 is 1.53 bits per heavy atom. The van der Waals surface area contributed by atoms with E-state index in [4.69, 9.17) is 10.5 Å². The maximum atomic E-state index is 14.4. The fourth-order valence-electron chi connectivity index (χ4n) is 6.71. The van der Waals surface area contributed by atoms with Crippen LogP contribution in [-0.2, 0) is 47.9 Å². The summed E-state index contributed by atoms with van der Waals surface area (Å²) in [5.74, 6) is -9.49. The molecule has 0 unspecified atom stereocenters. The third-order valence-corrected chi connectivity index (χ3v) is 10.3. The van der Waals surface area contributed by atoms with Crippen LogP contribution in [0.3, 0.4) is 0 Å². The summed E-state index contributed by atoms with van der Waals surface area (Å²) in [7, 11) is 0. The van der Waals surface area contributed by atoms with E-state index in [1.807, 2.05) is 13.8 Å². The molecule has 0 aromatic carbocycles. The average molecular weight is 883 g/mol. The first-order valence-corrected chi connectivity index (χ1v) is 21.7. The largest absolute Gasteiger partial charge is 0.481 e. The van der Waals surface area contributed by atoms with Crippen molar-refractivity contribution in [2.75, 3.05) is 6.61 Å². The number of carbonyl (C=O) groups excluding carboxylic acids is 8. The number of ether oxygens (including phenoxy) is 1. The van der Waals surface area contributed by atoms with Crippen LogP contribution in [0.15, 0.2) is 0 Å². The minimum atomic E-state index is -1.77. The van der Waals surface area contributed by atoms with Crippen molar-refractivity contribution in [3.8, 4) is 0 Å². The molecule has 1 aliphatic rings. The molecule has 20 nitrogen and oxygen atoms in total. The van der Waals surface area contributed by atoms with Crippen LogP contribution >= 0.6 is 0 Å². The van der Waals surface area contributed by atoms with E-state index in [0.717, 1.165) is 0 Å². The quantitative estimate of drug-likeness (QED) is 0.0795. The molecule has 0 spiro atoms. The van der Waals surface area contributed by atoms with Crippen molar-refractivity contribution in [1.82, 2.24) is 37.2 Å². The van der Waals surface area contributed by atoms with Crippen LogP contribution in [0.5, 0.6) is 0 Å². The number of nitrogens with two attached hydrogens (primary N) is 1. The zero-order valence-corrected chi connectivity index (χ0v) is 38.3. The second kappa shape index (κ2) is 26.6. The van der Waals surface area contributed by atoms with Crippen LogP contribution < -0.4 is 43.0 Å². The number of aliphatic carboxylic acids is 1. The van der Waals surface area contributed by atoms with E-state index in [0.29, 0.717) is 6.42 Å². The summed E-state index contributed by atoms with van der Waals surface area (Å²) in [5, 5.41) is 37.6. The molecule has 0 aromatic heterocycles. The van der Waals surface area contributed by atoms with Crippen LogP contribution in [0.1, 0.15) is 121 Å². The lowest BCUT2D eigenvalue weighted by Gasteiger charge is -2.31. The molecule has 0 radical (unpaired) electrons. The summed E-state index contributed by atoms with van der Waals surface area (Å²) in [6.07, 6.45) is -1.71. The summed E-state index contributed by atoms with van der Waals surface area (Å²) in [4.78, 5) is 122. The number of nitrogens with one attached hydrogen (secondary N) is 7. The van der Waals surface area contributed by atoms with E-state index in [1.54, 1.807) is 55.4 Å². The lowest BCUT2D eigenvalue weighted by atomic mass is 9.97. The maximum absolute atomic E-state index is 14.4. The lowest BCUT2D eigenvalue weighted by Crippen LogP contribution is -2.62. The summed E-state index contributed by atoms with van der Waals surface area (Å²) in [5.41, 5.74) is 6.05. The van der Waals surface area contributed by atoms with Gasteiger partial charge in [-0.15, -0.1) is 0 Å². The zero-order chi connectivity index (χ0) is 47.6. The summed E-state index contributed by atoms with van der Waals surface area (Å²) in [6.45, 7) is 18.2. The van der Waals surface area contributed by atoms with E-state index in [2.05, 4.69) is 37.2 Å². The number of esters is 1. The number of hydrogen-bond donors (Lipinski definition) is 10. The van der Waals surface area contributed by atoms with Gasteiger partial charge in [-0.25, -0.2) is 4.79 Å². The molecule has 0 aromatic rings. The van der Waals surface area contributed by atoms with Crippen LogP contribution in [0.4, 0.5) is 0 Å². The van der Waals surface area contributed by atoms with Gasteiger partial charge in [-0.05, 0) is 68.6 Å². The molecule has 20 heteroatoms. The summed E-state index contributed by atoms with van der Waals surface area (Å²) in [6, 6.07) is -11.1. The van der Waals surface area contributed by atoms with Crippen molar-refractivity contribution in [3.05, 3.63) is 0 Å². The third kappa shape index (κ3) is 19.0. The maximum Gasteiger partial charge on any atom is 0.329 e. The minimum absolute atomic E-state index is 0.00490. The first-order valence-electron chi connectivity index (χ1n) is 21.7. The Hall–Kier alpha value is -4.85. The molecular weight excluding hydrogens is 809 g/mol. The predicted octanol–water partition coefficient (Wildman–Crippen LogP) is -0.260. The lowest BCUT2D eigenvalue weighted by molar-refractivity contribution is -0.157. The molecule has 1 aliphatic heterocycles. The van der Waals surface area contributed by atoms with E-state index in [-0.39, 0.29) is 49.4 Å². The number of hydrogen-bond acceptors (Lipinski definition) is 12.